The van der Waals surface area contributed by atoms with Crippen LogP contribution in [0.3, 0.4) is 0 Å². The predicted molar refractivity (Wildman–Crippen MR) is 133 cm³/mol. The molecule has 0 unspecified atom stereocenters. The van der Waals surface area contributed by atoms with Crippen LogP contribution in [-0.2, 0) is 0 Å². The zero-order valence-electron chi connectivity index (χ0n) is 19.8. The first-order valence-corrected chi connectivity index (χ1v) is 13.9. The van der Waals surface area contributed by atoms with Gasteiger partial charge < -0.3 is 4.74 Å². The van der Waals surface area contributed by atoms with Crippen LogP contribution in [0.2, 0.25) is 0 Å². The predicted octanol–water partition coefficient (Wildman–Crippen LogP) is 10.3. The number of aryl methyl sites for hydroxylation is 1. The third-order valence-corrected chi connectivity index (χ3v) is 6.89. The van der Waals surface area contributed by atoms with E-state index in [1.165, 1.54) is 133 Å². The fourth-order valence-corrected chi connectivity index (χ4v) is 4.70. The molecule has 1 heterocycles. The van der Waals surface area contributed by atoms with Crippen LogP contribution in [0.5, 0.6) is 5.75 Å². The number of hydrogen-bond acceptors (Lipinski definition) is 2. The van der Waals surface area contributed by atoms with Crippen LogP contribution in [-0.4, -0.2) is 6.61 Å². The molecule has 0 fully saturated rings. The third-order valence-electron chi connectivity index (χ3n) is 6.07. The van der Waals surface area contributed by atoms with Crippen molar-refractivity contribution < 1.29 is 4.74 Å². The molecule has 1 aromatic rings. The van der Waals surface area contributed by atoms with Crippen molar-refractivity contribution >= 4 is 11.3 Å². The van der Waals surface area contributed by atoms with Crippen LogP contribution in [0.15, 0.2) is 11.4 Å². The van der Waals surface area contributed by atoms with Gasteiger partial charge in [-0.05, 0) is 24.8 Å². The number of ether oxygens (including phenoxy) is 1. The summed E-state index contributed by atoms with van der Waals surface area (Å²) in [6.45, 7) is 5.32. The quantitative estimate of drug-likeness (QED) is 0.169. The Morgan fingerprint density at radius 1 is 0.586 bits per heavy atom. The molecule has 0 saturated heterocycles. The Balaban J connectivity index is 1.67. The van der Waals surface area contributed by atoms with Gasteiger partial charge in [0, 0.05) is 4.88 Å². The molecule has 1 nitrogen and oxygen atoms in total. The summed E-state index contributed by atoms with van der Waals surface area (Å²) in [5.41, 5.74) is 0. The van der Waals surface area contributed by atoms with Crippen LogP contribution in [0, 0.1) is 6.92 Å². The van der Waals surface area contributed by atoms with E-state index in [1.807, 2.05) is 0 Å². The molecule has 0 aliphatic carbocycles. The topological polar surface area (TPSA) is 9.23 Å². The van der Waals surface area contributed by atoms with E-state index >= 15 is 0 Å². The van der Waals surface area contributed by atoms with Gasteiger partial charge in [0.25, 0.3) is 0 Å². The van der Waals surface area contributed by atoms with Gasteiger partial charge in [-0.25, -0.2) is 0 Å². The Bertz CT molecular complexity index is 440. The van der Waals surface area contributed by atoms with Crippen molar-refractivity contribution in [1.82, 2.24) is 0 Å². The van der Waals surface area contributed by atoms with Crippen LogP contribution in [0.4, 0.5) is 0 Å². The molecule has 29 heavy (non-hydrogen) atoms. The fraction of sp³-hybridized carbons (Fsp3) is 0.852. The van der Waals surface area contributed by atoms with E-state index in [1.54, 1.807) is 11.3 Å². The maximum atomic E-state index is 5.82. The first-order chi connectivity index (χ1) is 14.3. The first-order valence-electron chi connectivity index (χ1n) is 13.0. The largest absolute Gasteiger partial charge is 0.492 e. The van der Waals surface area contributed by atoms with Gasteiger partial charge in [-0.3, -0.25) is 0 Å². The van der Waals surface area contributed by atoms with Crippen molar-refractivity contribution in [2.75, 3.05) is 6.61 Å². The lowest BCUT2D eigenvalue weighted by Gasteiger charge is -2.05. The highest BCUT2D eigenvalue weighted by molar-refractivity contribution is 7.10. The summed E-state index contributed by atoms with van der Waals surface area (Å²) in [5, 5.41) is 2.11. The number of unbranched alkanes of at least 4 members (excludes halogenated alkanes) is 19. The summed E-state index contributed by atoms with van der Waals surface area (Å²) in [6.07, 6.45) is 28.6. The minimum absolute atomic E-state index is 0.885. The minimum atomic E-state index is 0.885. The van der Waals surface area contributed by atoms with Crippen LogP contribution >= 0.6 is 11.3 Å². The molecule has 0 aliphatic rings. The van der Waals surface area contributed by atoms with Gasteiger partial charge in [-0.15, -0.1) is 11.3 Å². The molecule has 0 aliphatic heterocycles. The molecule has 0 bridgehead atoms. The lowest BCUT2D eigenvalue weighted by Crippen LogP contribution is -1.97. The van der Waals surface area contributed by atoms with Crippen molar-refractivity contribution in [2.45, 2.75) is 142 Å². The average molecular weight is 423 g/mol. The molecule has 2 heteroatoms. The van der Waals surface area contributed by atoms with Gasteiger partial charge in [0.2, 0.25) is 0 Å². The molecular formula is C27H50OS. The Labute approximate surface area is 187 Å². The molecule has 0 atom stereocenters. The first kappa shape index (κ1) is 26.5. The second-order valence-corrected chi connectivity index (χ2v) is 10.0. The van der Waals surface area contributed by atoms with E-state index in [-0.39, 0.29) is 0 Å². The maximum Gasteiger partial charge on any atom is 0.132 e. The molecule has 0 amide bonds. The molecule has 1 rings (SSSR count). The summed E-state index contributed by atoms with van der Waals surface area (Å²) in [6, 6.07) is 2.09. The second kappa shape index (κ2) is 20.8. The highest BCUT2D eigenvalue weighted by atomic mass is 32.1. The van der Waals surface area contributed by atoms with Crippen LogP contribution in [0.1, 0.15) is 140 Å². The zero-order valence-corrected chi connectivity index (χ0v) is 20.6. The number of rotatable bonds is 22. The van der Waals surface area contributed by atoms with E-state index in [0.29, 0.717) is 0 Å². The fourth-order valence-electron chi connectivity index (χ4n) is 4.06. The molecule has 1 aromatic heterocycles. The van der Waals surface area contributed by atoms with E-state index in [2.05, 4.69) is 25.3 Å². The molecule has 0 aromatic carbocycles. The van der Waals surface area contributed by atoms with Crippen LogP contribution in [0.25, 0.3) is 0 Å². The summed E-state index contributed by atoms with van der Waals surface area (Å²) >= 11 is 1.77. The van der Waals surface area contributed by atoms with Gasteiger partial charge in [0.1, 0.15) is 5.75 Å². The lowest BCUT2D eigenvalue weighted by molar-refractivity contribution is 0.304. The number of hydrogen-bond donors (Lipinski definition) is 0. The third kappa shape index (κ3) is 16.9. The Morgan fingerprint density at radius 3 is 1.31 bits per heavy atom. The van der Waals surface area contributed by atoms with Gasteiger partial charge in [0.15, 0.2) is 0 Å². The molecule has 0 N–H and O–H groups in total. The Hall–Kier alpha value is -0.500. The van der Waals surface area contributed by atoms with Crippen LogP contribution < -0.4 is 4.74 Å². The second-order valence-electron chi connectivity index (χ2n) is 8.91. The van der Waals surface area contributed by atoms with E-state index in [4.69, 9.17) is 4.74 Å². The summed E-state index contributed by atoms with van der Waals surface area (Å²) in [7, 11) is 0. The summed E-state index contributed by atoms with van der Waals surface area (Å²) in [4.78, 5) is 1.30. The minimum Gasteiger partial charge on any atom is -0.492 e. The van der Waals surface area contributed by atoms with Crippen molar-refractivity contribution in [3.63, 3.8) is 0 Å². The summed E-state index contributed by atoms with van der Waals surface area (Å²) < 4.78 is 5.82. The van der Waals surface area contributed by atoms with Crippen molar-refractivity contribution in [2.24, 2.45) is 0 Å². The highest BCUT2D eigenvalue weighted by Gasteiger charge is 1.99. The molecular weight excluding hydrogens is 372 g/mol. The van der Waals surface area contributed by atoms with E-state index in [0.717, 1.165) is 12.4 Å². The standard InChI is InChI=1S/C27H50OS/c1-3-4-5-6-7-8-9-10-11-12-13-14-15-16-17-18-19-20-21-22-24-28-27-23-25-29-26(27)2/h23,25H,3-22,24H2,1-2H3. The Morgan fingerprint density at radius 2 is 0.966 bits per heavy atom. The highest BCUT2D eigenvalue weighted by Crippen LogP contribution is 2.23. The lowest BCUT2D eigenvalue weighted by atomic mass is 10.0. The Kier molecular flexibility index (Phi) is 19.0. The van der Waals surface area contributed by atoms with Crippen molar-refractivity contribution in [1.29, 1.82) is 0 Å². The monoisotopic (exact) mass is 422 g/mol. The molecule has 0 radical (unpaired) electrons. The van der Waals surface area contributed by atoms with E-state index < -0.39 is 0 Å². The van der Waals surface area contributed by atoms with Crippen molar-refractivity contribution in [3.8, 4) is 5.75 Å². The maximum absolute atomic E-state index is 5.82. The zero-order chi connectivity index (χ0) is 20.8. The SMILES string of the molecule is CCCCCCCCCCCCCCCCCCCCCCOc1ccsc1C. The van der Waals surface area contributed by atoms with Gasteiger partial charge in [0.05, 0.1) is 6.61 Å². The molecule has 0 spiro atoms. The van der Waals surface area contributed by atoms with Crippen molar-refractivity contribution in [3.05, 3.63) is 16.3 Å². The normalized spacial score (nSPS) is 11.2. The number of thiophene rings is 1. The molecule has 170 valence electrons. The van der Waals surface area contributed by atoms with Gasteiger partial charge >= 0.3 is 0 Å². The van der Waals surface area contributed by atoms with Gasteiger partial charge in [-0.2, -0.15) is 0 Å². The van der Waals surface area contributed by atoms with Gasteiger partial charge in [-0.1, -0.05) is 129 Å². The summed E-state index contributed by atoms with van der Waals surface area (Å²) in [5.74, 6) is 1.09. The average Bonchev–Trinajstić information content (AvgIpc) is 3.14. The molecule has 0 saturated carbocycles. The van der Waals surface area contributed by atoms with E-state index in [9.17, 15) is 0 Å². The smallest absolute Gasteiger partial charge is 0.132 e.